The molecule has 2 heterocycles. The van der Waals surface area contributed by atoms with Crippen LogP contribution in [-0.2, 0) is 0 Å². The molecule has 0 atom stereocenters. The topological polar surface area (TPSA) is 143 Å². The fraction of sp³-hybridized carbons (Fsp3) is 0.364. The van der Waals surface area contributed by atoms with Crippen LogP contribution in [0.3, 0.4) is 0 Å². The van der Waals surface area contributed by atoms with E-state index >= 15 is 0 Å². The Labute approximate surface area is 118 Å². The van der Waals surface area contributed by atoms with E-state index in [2.05, 4.69) is 20.8 Å². The quantitative estimate of drug-likeness (QED) is 0.397. The van der Waals surface area contributed by atoms with Crippen LogP contribution in [0.2, 0.25) is 0 Å². The average molecular weight is 295 g/mol. The van der Waals surface area contributed by atoms with Crippen molar-refractivity contribution in [3.63, 3.8) is 0 Å². The van der Waals surface area contributed by atoms with Crippen LogP contribution in [0.5, 0.6) is 0 Å². The van der Waals surface area contributed by atoms with Gasteiger partial charge in [-0.1, -0.05) is 5.16 Å². The molecule has 10 heteroatoms. The molecule has 2 rings (SSSR count). The number of pyridine rings is 1. The first-order valence-corrected chi connectivity index (χ1v) is 6.18. The lowest BCUT2D eigenvalue weighted by Crippen LogP contribution is -2.22. The second-order valence-electron chi connectivity index (χ2n) is 4.18. The van der Waals surface area contributed by atoms with Crippen LogP contribution in [0, 0.1) is 10.1 Å². The van der Waals surface area contributed by atoms with E-state index in [9.17, 15) is 14.9 Å². The van der Waals surface area contributed by atoms with Gasteiger partial charge in [-0.3, -0.25) is 10.1 Å². The SMILES string of the molecule is O=C(O)NCCCCNc1ncc([N+](=O)[O-])c2oncc12. The molecule has 0 aliphatic rings. The van der Waals surface area contributed by atoms with E-state index < -0.39 is 11.0 Å². The maximum Gasteiger partial charge on any atom is 0.404 e. The number of amides is 1. The van der Waals surface area contributed by atoms with Gasteiger partial charge in [-0.2, -0.15) is 0 Å². The second kappa shape index (κ2) is 6.50. The molecule has 2 aromatic heterocycles. The van der Waals surface area contributed by atoms with E-state index in [4.69, 9.17) is 9.63 Å². The van der Waals surface area contributed by atoms with E-state index in [0.29, 0.717) is 37.1 Å². The summed E-state index contributed by atoms with van der Waals surface area (Å²) in [6.07, 6.45) is 2.81. The summed E-state index contributed by atoms with van der Waals surface area (Å²) in [4.78, 5) is 24.5. The maximum absolute atomic E-state index is 10.8. The highest BCUT2D eigenvalue weighted by atomic mass is 16.6. The largest absolute Gasteiger partial charge is 0.465 e. The van der Waals surface area contributed by atoms with Gasteiger partial charge in [0.15, 0.2) is 0 Å². The molecular formula is C11H13N5O5. The number of aromatic nitrogens is 2. The van der Waals surface area contributed by atoms with Crippen molar-refractivity contribution in [3.05, 3.63) is 22.5 Å². The Hall–Kier alpha value is -2.91. The Morgan fingerprint density at radius 3 is 2.86 bits per heavy atom. The van der Waals surface area contributed by atoms with E-state index in [1.807, 2.05) is 0 Å². The van der Waals surface area contributed by atoms with E-state index in [0.717, 1.165) is 6.20 Å². The molecule has 3 N–H and O–H groups in total. The van der Waals surface area contributed by atoms with Gasteiger partial charge in [0.2, 0.25) is 5.58 Å². The number of nitrogens with zero attached hydrogens (tertiary/aromatic N) is 3. The predicted molar refractivity (Wildman–Crippen MR) is 72.2 cm³/mol. The van der Waals surface area contributed by atoms with Gasteiger partial charge >= 0.3 is 11.8 Å². The van der Waals surface area contributed by atoms with Crippen LogP contribution >= 0.6 is 0 Å². The molecule has 0 spiro atoms. The number of anilines is 1. The van der Waals surface area contributed by atoms with Gasteiger partial charge in [0.1, 0.15) is 12.0 Å². The third kappa shape index (κ3) is 3.55. The third-order valence-electron chi connectivity index (χ3n) is 2.74. The summed E-state index contributed by atoms with van der Waals surface area (Å²) in [5.41, 5.74) is -0.163. The minimum absolute atomic E-state index is 0.0741. The van der Waals surface area contributed by atoms with Gasteiger partial charge in [-0.15, -0.1) is 0 Å². The summed E-state index contributed by atoms with van der Waals surface area (Å²) in [6, 6.07) is 0. The summed E-state index contributed by atoms with van der Waals surface area (Å²) < 4.78 is 4.88. The molecule has 1 amide bonds. The van der Waals surface area contributed by atoms with Crippen molar-refractivity contribution in [3.8, 4) is 0 Å². The Bertz CT molecular complexity index is 655. The van der Waals surface area contributed by atoms with Gasteiger partial charge in [0.25, 0.3) is 0 Å². The average Bonchev–Trinajstić information content (AvgIpc) is 2.91. The summed E-state index contributed by atoms with van der Waals surface area (Å²) in [6.45, 7) is 0.916. The van der Waals surface area contributed by atoms with Gasteiger partial charge in [0, 0.05) is 13.1 Å². The van der Waals surface area contributed by atoms with Crippen LogP contribution in [0.25, 0.3) is 11.0 Å². The monoisotopic (exact) mass is 295 g/mol. The Morgan fingerprint density at radius 2 is 2.14 bits per heavy atom. The second-order valence-corrected chi connectivity index (χ2v) is 4.18. The van der Waals surface area contributed by atoms with Crippen LogP contribution < -0.4 is 10.6 Å². The Kier molecular flexibility index (Phi) is 4.49. The highest BCUT2D eigenvalue weighted by Crippen LogP contribution is 2.28. The van der Waals surface area contributed by atoms with Crippen molar-refractivity contribution < 1.29 is 19.3 Å². The Balaban J connectivity index is 1.94. The molecule has 0 saturated carbocycles. The first kappa shape index (κ1) is 14.5. The highest BCUT2D eigenvalue weighted by Gasteiger charge is 2.19. The number of carbonyl (C=O) groups is 1. The normalized spacial score (nSPS) is 10.5. The zero-order chi connectivity index (χ0) is 15.2. The minimum Gasteiger partial charge on any atom is -0.465 e. The number of nitrogens with one attached hydrogen (secondary N) is 2. The first-order valence-electron chi connectivity index (χ1n) is 6.18. The fourth-order valence-electron chi connectivity index (χ4n) is 1.77. The number of unbranched alkanes of at least 4 members (excludes halogenated alkanes) is 1. The van der Waals surface area contributed by atoms with Crippen LogP contribution in [0.1, 0.15) is 12.8 Å². The van der Waals surface area contributed by atoms with Gasteiger partial charge < -0.3 is 20.3 Å². The predicted octanol–water partition coefficient (Wildman–Crippen LogP) is 1.59. The van der Waals surface area contributed by atoms with Crippen LogP contribution in [-0.4, -0.2) is 39.4 Å². The van der Waals surface area contributed by atoms with E-state index in [-0.39, 0.29) is 11.3 Å². The third-order valence-corrected chi connectivity index (χ3v) is 2.74. The number of hydrogen-bond donors (Lipinski definition) is 3. The van der Waals surface area contributed by atoms with E-state index in [1.165, 1.54) is 6.20 Å². The molecule has 0 radical (unpaired) electrons. The molecule has 0 aromatic carbocycles. The standard InChI is InChI=1S/C11H13N5O5/c17-11(18)13-4-2-1-3-12-10-7-5-15-21-9(7)8(6-14-10)16(19)20/h5-6,13H,1-4H2,(H,12,14)(H,17,18). The molecule has 0 bridgehead atoms. The summed E-state index contributed by atoms with van der Waals surface area (Å²) in [7, 11) is 0. The molecule has 0 aliphatic heterocycles. The molecule has 21 heavy (non-hydrogen) atoms. The van der Waals surface area contributed by atoms with Crippen molar-refractivity contribution in [2.45, 2.75) is 12.8 Å². The summed E-state index contributed by atoms with van der Waals surface area (Å²) >= 11 is 0. The van der Waals surface area contributed by atoms with Crippen molar-refractivity contribution in [2.24, 2.45) is 0 Å². The smallest absolute Gasteiger partial charge is 0.404 e. The molecule has 0 fully saturated rings. The van der Waals surface area contributed by atoms with Crippen molar-refractivity contribution in [1.29, 1.82) is 0 Å². The van der Waals surface area contributed by atoms with Crippen molar-refractivity contribution >= 4 is 28.6 Å². The lowest BCUT2D eigenvalue weighted by Gasteiger charge is -2.06. The zero-order valence-corrected chi connectivity index (χ0v) is 10.9. The zero-order valence-electron chi connectivity index (χ0n) is 10.9. The molecule has 0 saturated heterocycles. The van der Waals surface area contributed by atoms with Crippen LogP contribution in [0.4, 0.5) is 16.3 Å². The molecule has 0 aliphatic carbocycles. The van der Waals surface area contributed by atoms with Crippen molar-refractivity contribution in [1.82, 2.24) is 15.5 Å². The van der Waals surface area contributed by atoms with Gasteiger partial charge in [-0.25, -0.2) is 9.78 Å². The highest BCUT2D eigenvalue weighted by molar-refractivity contribution is 5.92. The number of carboxylic acid groups (broad SMARTS) is 1. The summed E-state index contributed by atoms with van der Waals surface area (Å²) in [5, 5.41) is 28.5. The van der Waals surface area contributed by atoms with Gasteiger partial charge in [0.05, 0.1) is 16.5 Å². The van der Waals surface area contributed by atoms with Crippen LogP contribution in [0.15, 0.2) is 16.9 Å². The molecule has 10 nitrogen and oxygen atoms in total. The number of hydrogen-bond acceptors (Lipinski definition) is 7. The lowest BCUT2D eigenvalue weighted by atomic mass is 10.2. The summed E-state index contributed by atoms with van der Waals surface area (Å²) in [5.74, 6) is 0.447. The Morgan fingerprint density at radius 1 is 1.38 bits per heavy atom. The molecular weight excluding hydrogens is 282 g/mol. The molecule has 112 valence electrons. The minimum atomic E-state index is -1.05. The lowest BCUT2D eigenvalue weighted by molar-refractivity contribution is -0.384. The van der Waals surface area contributed by atoms with Crippen molar-refractivity contribution in [2.75, 3.05) is 18.4 Å². The van der Waals surface area contributed by atoms with Gasteiger partial charge in [-0.05, 0) is 12.8 Å². The fourth-order valence-corrected chi connectivity index (χ4v) is 1.77. The molecule has 2 aromatic rings. The number of rotatable bonds is 7. The first-order chi connectivity index (χ1) is 10.1. The molecule has 0 unspecified atom stereocenters. The number of nitro groups is 1. The van der Waals surface area contributed by atoms with E-state index in [1.54, 1.807) is 0 Å². The number of fused-ring (bicyclic) bond motifs is 1. The maximum atomic E-state index is 10.8.